The molecule has 56 valence electrons. The SMILES string of the molecule is COCC1=C(O)CC=CO1. The molecule has 0 atom stereocenters. The van der Waals surface area contributed by atoms with Crippen molar-refractivity contribution in [2.24, 2.45) is 0 Å². The fourth-order valence-corrected chi connectivity index (χ4v) is 0.720. The van der Waals surface area contributed by atoms with E-state index in [4.69, 9.17) is 14.6 Å². The molecule has 0 amide bonds. The molecule has 10 heavy (non-hydrogen) atoms. The molecule has 1 aliphatic rings. The predicted molar refractivity (Wildman–Crippen MR) is 36.4 cm³/mol. The fraction of sp³-hybridized carbons (Fsp3) is 0.429. The second kappa shape index (κ2) is 3.27. The molecule has 0 fully saturated rings. The number of allylic oxidation sites excluding steroid dienone is 1. The van der Waals surface area contributed by atoms with Crippen LogP contribution in [0.5, 0.6) is 0 Å². The van der Waals surface area contributed by atoms with E-state index in [1.165, 1.54) is 0 Å². The maximum absolute atomic E-state index is 9.12. The van der Waals surface area contributed by atoms with Gasteiger partial charge in [-0.2, -0.15) is 0 Å². The molecule has 3 heteroatoms. The van der Waals surface area contributed by atoms with E-state index in [9.17, 15) is 0 Å². The zero-order valence-corrected chi connectivity index (χ0v) is 5.83. The number of hydrogen-bond donors (Lipinski definition) is 1. The third kappa shape index (κ3) is 1.51. The molecule has 0 aliphatic carbocycles. The maximum atomic E-state index is 9.12. The largest absolute Gasteiger partial charge is 0.508 e. The minimum Gasteiger partial charge on any atom is -0.508 e. The van der Waals surface area contributed by atoms with Crippen molar-refractivity contribution < 1.29 is 14.6 Å². The van der Waals surface area contributed by atoms with E-state index >= 15 is 0 Å². The second-order valence-corrected chi connectivity index (χ2v) is 2.00. The molecule has 0 bridgehead atoms. The van der Waals surface area contributed by atoms with Crippen LogP contribution < -0.4 is 0 Å². The van der Waals surface area contributed by atoms with E-state index in [0.29, 0.717) is 18.8 Å². The highest BCUT2D eigenvalue weighted by Crippen LogP contribution is 2.13. The molecule has 0 aromatic rings. The van der Waals surface area contributed by atoms with Gasteiger partial charge in [0.15, 0.2) is 5.76 Å². The fourth-order valence-electron chi connectivity index (χ4n) is 0.720. The predicted octanol–water partition coefficient (Wildman–Crippen LogP) is 1.34. The summed E-state index contributed by atoms with van der Waals surface area (Å²) in [5.41, 5.74) is 0. The monoisotopic (exact) mass is 142 g/mol. The number of hydrogen-bond acceptors (Lipinski definition) is 3. The van der Waals surface area contributed by atoms with Gasteiger partial charge in [0, 0.05) is 13.5 Å². The Balaban J connectivity index is 2.53. The summed E-state index contributed by atoms with van der Waals surface area (Å²) >= 11 is 0. The summed E-state index contributed by atoms with van der Waals surface area (Å²) < 4.78 is 9.73. The summed E-state index contributed by atoms with van der Waals surface area (Å²) in [5, 5.41) is 9.12. The molecule has 0 aromatic heterocycles. The van der Waals surface area contributed by atoms with E-state index in [0.717, 1.165) is 0 Å². The Morgan fingerprint density at radius 2 is 2.60 bits per heavy atom. The number of ether oxygens (including phenoxy) is 2. The van der Waals surface area contributed by atoms with Gasteiger partial charge in [0.05, 0.1) is 6.26 Å². The minimum absolute atomic E-state index is 0.254. The van der Waals surface area contributed by atoms with Crippen LogP contribution >= 0.6 is 0 Å². The van der Waals surface area contributed by atoms with Crippen molar-refractivity contribution in [2.75, 3.05) is 13.7 Å². The van der Waals surface area contributed by atoms with Gasteiger partial charge < -0.3 is 14.6 Å². The van der Waals surface area contributed by atoms with E-state index in [1.54, 1.807) is 19.4 Å². The van der Waals surface area contributed by atoms with Crippen LogP contribution in [-0.4, -0.2) is 18.8 Å². The molecule has 0 aromatic carbocycles. The molecule has 0 radical (unpaired) electrons. The lowest BCUT2D eigenvalue weighted by atomic mass is 10.3. The van der Waals surface area contributed by atoms with Crippen LogP contribution in [0.4, 0.5) is 0 Å². The van der Waals surface area contributed by atoms with Gasteiger partial charge in [0.25, 0.3) is 0 Å². The van der Waals surface area contributed by atoms with Gasteiger partial charge in [0.2, 0.25) is 0 Å². The van der Waals surface area contributed by atoms with E-state index in [1.807, 2.05) is 0 Å². The van der Waals surface area contributed by atoms with Crippen molar-refractivity contribution in [3.63, 3.8) is 0 Å². The smallest absolute Gasteiger partial charge is 0.166 e. The van der Waals surface area contributed by atoms with Crippen LogP contribution in [0, 0.1) is 0 Å². The normalized spacial score (nSPS) is 17.3. The van der Waals surface area contributed by atoms with Crippen LogP contribution in [0.1, 0.15) is 6.42 Å². The van der Waals surface area contributed by atoms with Gasteiger partial charge in [-0.1, -0.05) is 0 Å². The molecule has 1 N–H and O–H groups in total. The van der Waals surface area contributed by atoms with Crippen molar-refractivity contribution in [1.82, 2.24) is 0 Å². The molecule has 0 spiro atoms. The quantitative estimate of drug-likeness (QED) is 0.632. The Morgan fingerprint density at radius 3 is 3.20 bits per heavy atom. The van der Waals surface area contributed by atoms with Crippen LogP contribution in [0.25, 0.3) is 0 Å². The number of aliphatic hydroxyl groups excluding tert-OH is 1. The maximum Gasteiger partial charge on any atom is 0.166 e. The first-order valence-electron chi connectivity index (χ1n) is 3.06. The minimum atomic E-state index is 0.254. The van der Waals surface area contributed by atoms with Gasteiger partial charge in [-0.15, -0.1) is 0 Å². The molecule has 3 nitrogen and oxygen atoms in total. The van der Waals surface area contributed by atoms with Crippen molar-refractivity contribution in [3.8, 4) is 0 Å². The van der Waals surface area contributed by atoms with Crippen molar-refractivity contribution in [3.05, 3.63) is 23.9 Å². The van der Waals surface area contributed by atoms with Gasteiger partial charge in [0.1, 0.15) is 12.4 Å². The number of methoxy groups -OCH3 is 1. The van der Waals surface area contributed by atoms with E-state index < -0.39 is 0 Å². The Hall–Kier alpha value is -0.960. The van der Waals surface area contributed by atoms with Gasteiger partial charge in [-0.3, -0.25) is 0 Å². The molecular formula is C7H10O3. The van der Waals surface area contributed by atoms with Crippen molar-refractivity contribution in [1.29, 1.82) is 0 Å². The molecule has 0 unspecified atom stereocenters. The van der Waals surface area contributed by atoms with Crippen LogP contribution in [0.2, 0.25) is 0 Å². The summed E-state index contributed by atoms with van der Waals surface area (Å²) in [7, 11) is 1.56. The lowest BCUT2D eigenvalue weighted by Gasteiger charge is -2.10. The first-order valence-corrected chi connectivity index (χ1v) is 3.06. The number of aliphatic hydroxyl groups is 1. The Kier molecular flexibility index (Phi) is 2.34. The molecule has 1 rings (SSSR count). The zero-order chi connectivity index (χ0) is 7.40. The summed E-state index contributed by atoms with van der Waals surface area (Å²) in [6.45, 7) is 0.330. The Labute approximate surface area is 59.6 Å². The van der Waals surface area contributed by atoms with E-state index in [2.05, 4.69) is 0 Å². The van der Waals surface area contributed by atoms with Crippen LogP contribution in [-0.2, 0) is 9.47 Å². The average molecular weight is 142 g/mol. The van der Waals surface area contributed by atoms with Crippen molar-refractivity contribution >= 4 is 0 Å². The lowest BCUT2D eigenvalue weighted by Crippen LogP contribution is -2.03. The summed E-state index contributed by atoms with van der Waals surface area (Å²) in [4.78, 5) is 0. The zero-order valence-electron chi connectivity index (χ0n) is 5.83. The molecule has 0 saturated heterocycles. The topological polar surface area (TPSA) is 38.7 Å². The Morgan fingerprint density at radius 1 is 1.80 bits per heavy atom. The molecule has 1 heterocycles. The second-order valence-electron chi connectivity index (χ2n) is 2.00. The number of rotatable bonds is 2. The van der Waals surface area contributed by atoms with E-state index in [-0.39, 0.29) is 5.76 Å². The van der Waals surface area contributed by atoms with Crippen molar-refractivity contribution in [2.45, 2.75) is 6.42 Å². The van der Waals surface area contributed by atoms with Gasteiger partial charge in [-0.05, 0) is 6.08 Å². The lowest BCUT2D eigenvalue weighted by molar-refractivity contribution is 0.156. The molecule has 1 aliphatic heterocycles. The van der Waals surface area contributed by atoms with Gasteiger partial charge in [-0.25, -0.2) is 0 Å². The average Bonchev–Trinajstić information content (AvgIpc) is 1.94. The first kappa shape index (κ1) is 7.15. The highest BCUT2D eigenvalue weighted by Gasteiger charge is 2.07. The molecule has 0 saturated carbocycles. The van der Waals surface area contributed by atoms with Crippen LogP contribution in [0.15, 0.2) is 23.9 Å². The van der Waals surface area contributed by atoms with Crippen LogP contribution in [0.3, 0.4) is 0 Å². The van der Waals surface area contributed by atoms with Gasteiger partial charge >= 0.3 is 0 Å². The third-order valence-electron chi connectivity index (χ3n) is 1.22. The summed E-state index contributed by atoms with van der Waals surface area (Å²) in [6.07, 6.45) is 3.83. The Bertz CT molecular complexity index is 170. The standard InChI is InChI=1S/C7H10O3/c1-9-5-7-6(8)3-2-4-10-7/h2,4,8H,3,5H2,1H3. The highest BCUT2D eigenvalue weighted by atomic mass is 16.5. The summed E-state index contributed by atoms with van der Waals surface area (Å²) in [5.74, 6) is 0.759. The first-order chi connectivity index (χ1) is 4.84. The third-order valence-corrected chi connectivity index (χ3v) is 1.22. The summed E-state index contributed by atoms with van der Waals surface area (Å²) in [6, 6.07) is 0. The molecular weight excluding hydrogens is 132 g/mol. The highest BCUT2D eigenvalue weighted by molar-refractivity contribution is 5.09.